The Hall–Kier alpha value is -3.67. The molecule has 4 rings (SSSR count). The fourth-order valence-corrected chi connectivity index (χ4v) is 3.39. The van der Waals surface area contributed by atoms with E-state index in [2.05, 4.69) is 21.8 Å². The molecule has 0 saturated heterocycles. The summed E-state index contributed by atoms with van der Waals surface area (Å²) in [7, 11) is 0. The minimum absolute atomic E-state index is 0.176. The van der Waals surface area contributed by atoms with Crippen molar-refractivity contribution in [1.82, 2.24) is 19.9 Å². The van der Waals surface area contributed by atoms with Gasteiger partial charge in [0.2, 0.25) is 0 Å². The molecule has 0 aliphatic carbocycles. The number of aromatic nitrogens is 3. The van der Waals surface area contributed by atoms with Crippen LogP contribution in [0.2, 0.25) is 0 Å². The third-order valence-electron chi connectivity index (χ3n) is 4.95. The molecule has 0 fully saturated rings. The van der Waals surface area contributed by atoms with Crippen LogP contribution in [0.15, 0.2) is 73.1 Å². The lowest BCUT2D eigenvalue weighted by molar-refractivity contribution is 0.0937. The molecule has 2 aromatic carbocycles. The quantitative estimate of drug-likeness (QED) is 0.502. The summed E-state index contributed by atoms with van der Waals surface area (Å²) in [6, 6.07) is 19.2. The average molecular weight is 400 g/mol. The molecule has 30 heavy (non-hydrogen) atoms. The fraction of sp³-hybridized carbons (Fsp3) is 0.208. The number of nitrogens with zero attached hydrogens (tertiary/aromatic N) is 3. The number of pyridine rings is 1. The van der Waals surface area contributed by atoms with Crippen molar-refractivity contribution in [1.29, 1.82) is 0 Å². The van der Waals surface area contributed by atoms with Gasteiger partial charge in [-0.25, -0.2) is 4.98 Å². The van der Waals surface area contributed by atoms with E-state index in [0.717, 1.165) is 22.6 Å². The van der Waals surface area contributed by atoms with Gasteiger partial charge < -0.3 is 14.6 Å². The van der Waals surface area contributed by atoms with E-state index in [1.54, 1.807) is 24.5 Å². The number of nitrogens with one attached hydrogen (secondary N) is 1. The number of benzene rings is 2. The summed E-state index contributed by atoms with van der Waals surface area (Å²) >= 11 is 0. The van der Waals surface area contributed by atoms with E-state index in [-0.39, 0.29) is 11.9 Å². The number of rotatable bonds is 7. The Morgan fingerprint density at radius 3 is 2.67 bits per heavy atom. The third kappa shape index (κ3) is 4.33. The maximum atomic E-state index is 12.6. The van der Waals surface area contributed by atoms with Crippen molar-refractivity contribution in [2.75, 3.05) is 6.61 Å². The highest BCUT2D eigenvalue weighted by Crippen LogP contribution is 2.21. The van der Waals surface area contributed by atoms with Gasteiger partial charge in [-0.1, -0.05) is 29.8 Å². The van der Waals surface area contributed by atoms with Crippen LogP contribution in [-0.4, -0.2) is 27.0 Å². The van der Waals surface area contributed by atoms with E-state index in [1.807, 2.05) is 55.5 Å². The van der Waals surface area contributed by atoms with Gasteiger partial charge in [0, 0.05) is 12.4 Å². The second-order valence-electron chi connectivity index (χ2n) is 7.21. The summed E-state index contributed by atoms with van der Waals surface area (Å²) in [6.07, 6.45) is 3.20. The molecule has 0 bridgehead atoms. The zero-order valence-electron chi connectivity index (χ0n) is 17.1. The van der Waals surface area contributed by atoms with Crippen LogP contribution < -0.4 is 10.1 Å². The summed E-state index contributed by atoms with van der Waals surface area (Å²) < 4.78 is 8.03. The molecule has 1 amide bonds. The minimum atomic E-state index is -0.274. The maximum absolute atomic E-state index is 12.6. The molecule has 0 aliphatic heterocycles. The number of hydrogen-bond acceptors (Lipinski definition) is 4. The lowest BCUT2D eigenvalue weighted by atomic mass is 10.2. The minimum Gasteiger partial charge on any atom is -0.492 e. The van der Waals surface area contributed by atoms with E-state index in [9.17, 15) is 4.79 Å². The first-order chi connectivity index (χ1) is 14.6. The summed E-state index contributed by atoms with van der Waals surface area (Å²) in [5.41, 5.74) is 3.63. The number of imidazole rings is 1. The van der Waals surface area contributed by atoms with Gasteiger partial charge in [-0.2, -0.15) is 0 Å². The van der Waals surface area contributed by atoms with Crippen LogP contribution in [0.5, 0.6) is 5.75 Å². The Labute approximate surface area is 175 Å². The molecular formula is C24H24N4O2. The molecule has 0 aliphatic rings. The fourth-order valence-electron chi connectivity index (χ4n) is 3.39. The van der Waals surface area contributed by atoms with Crippen molar-refractivity contribution < 1.29 is 9.53 Å². The molecule has 2 heterocycles. The normalized spacial score (nSPS) is 11.9. The van der Waals surface area contributed by atoms with Gasteiger partial charge in [-0.15, -0.1) is 0 Å². The Kier molecular flexibility index (Phi) is 5.75. The van der Waals surface area contributed by atoms with E-state index in [1.165, 1.54) is 5.56 Å². The molecule has 0 radical (unpaired) electrons. The zero-order chi connectivity index (χ0) is 20.9. The van der Waals surface area contributed by atoms with E-state index >= 15 is 0 Å². The topological polar surface area (TPSA) is 69.0 Å². The second kappa shape index (κ2) is 8.78. The standard InChI is InChI=1S/C24H24N4O2/c1-17-9-11-20(12-10-17)30-15-14-28-22-8-4-3-7-21(22)27-23(28)18(2)26-24(29)19-6-5-13-25-16-19/h3-13,16,18H,14-15H2,1-2H3,(H,26,29). The van der Waals surface area contributed by atoms with Crippen molar-refractivity contribution in [2.24, 2.45) is 0 Å². The highest BCUT2D eigenvalue weighted by Gasteiger charge is 2.19. The predicted molar refractivity (Wildman–Crippen MR) is 117 cm³/mol. The Morgan fingerprint density at radius 2 is 1.90 bits per heavy atom. The molecule has 0 spiro atoms. The first kappa shape index (κ1) is 19.6. The number of ether oxygens (including phenoxy) is 1. The lowest BCUT2D eigenvalue weighted by Crippen LogP contribution is -2.29. The summed E-state index contributed by atoms with van der Waals surface area (Å²) in [5.74, 6) is 1.45. The highest BCUT2D eigenvalue weighted by molar-refractivity contribution is 5.94. The average Bonchev–Trinajstić information content (AvgIpc) is 3.14. The number of aryl methyl sites for hydroxylation is 1. The number of fused-ring (bicyclic) bond motifs is 1. The van der Waals surface area contributed by atoms with Gasteiger partial charge in [0.05, 0.1) is 29.2 Å². The van der Waals surface area contributed by atoms with Crippen molar-refractivity contribution in [3.8, 4) is 5.75 Å². The first-order valence-corrected chi connectivity index (χ1v) is 9.97. The van der Waals surface area contributed by atoms with Gasteiger partial charge in [-0.3, -0.25) is 9.78 Å². The monoisotopic (exact) mass is 400 g/mol. The van der Waals surface area contributed by atoms with Crippen molar-refractivity contribution >= 4 is 16.9 Å². The van der Waals surface area contributed by atoms with Gasteiger partial charge in [0.1, 0.15) is 18.2 Å². The van der Waals surface area contributed by atoms with Crippen LogP contribution >= 0.6 is 0 Å². The third-order valence-corrected chi connectivity index (χ3v) is 4.95. The van der Waals surface area contributed by atoms with Crippen LogP contribution in [0.25, 0.3) is 11.0 Å². The Balaban J connectivity index is 1.53. The van der Waals surface area contributed by atoms with Gasteiger partial charge in [0.25, 0.3) is 5.91 Å². The highest BCUT2D eigenvalue weighted by atomic mass is 16.5. The van der Waals surface area contributed by atoms with Crippen molar-refractivity contribution in [3.05, 3.63) is 90.0 Å². The van der Waals surface area contributed by atoms with Crippen molar-refractivity contribution in [2.45, 2.75) is 26.4 Å². The van der Waals surface area contributed by atoms with E-state index < -0.39 is 0 Å². The number of hydrogen-bond donors (Lipinski definition) is 1. The Bertz CT molecular complexity index is 1140. The summed E-state index contributed by atoms with van der Waals surface area (Å²) in [5, 5.41) is 3.03. The molecule has 152 valence electrons. The maximum Gasteiger partial charge on any atom is 0.253 e. The lowest BCUT2D eigenvalue weighted by Gasteiger charge is -2.17. The smallest absolute Gasteiger partial charge is 0.253 e. The molecule has 4 aromatic rings. The molecule has 6 heteroatoms. The van der Waals surface area contributed by atoms with Crippen LogP contribution in [0.1, 0.15) is 34.7 Å². The number of para-hydroxylation sites is 2. The van der Waals surface area contributed by atoms with Gasteiger partial charge >= 0.3 is 0 Å². The molecule has 1 atom stereocenters. The zero-order valence-corrected chi connectivity index (χ0v) is 17.1. The molecule has 2 aromatic heterocycles. The predicted octanol–water partition coefficient (Wildman–Crippen LogP) is 4.31. The number of carbonyl (C=O) groups is 1. The van der Waals surface area contributed by atoms with Crippen LogP contribution in [0.4, 0.5) is 0 Å². The Morgan fingerprint density at radius 1 is 1.10 bits per heavy atom. The van der Waals surface area contributed by atoms with Crippen LogP contribution in [0, 0.1) is 6.92 Å². The van der Waals surface area contributed by atoms with Crippen molar-refractivity contribution in [3.63, 3.8) is 0 Å². The first-order valence-electron chi connectivity index (χ1n) is 9.97. The molecular weight excluding hydrogens is 376 g/mol. The largest absolute Gasteiger partial charge is 0.492 e. The number of carbonyl (C=O) groups excluding carboxylic acids is 1. The molecule has 0 saturated carbocycles. The summed E-state index contributed by atoms with van der Waals surface area (Å²) in [4.78, 5) is 21.4. The van der Waals surface area contributed by atoms with Crippen LogP contribution in [-0.2, 0) is 6.54 Å². The summed E-state index contributed by atoms with van der Waals surface area (Å²) in [6.45, 7) is 5.11. The second-order valence-corrected chi connectivity index (χ2v) is 7.21. The van der Waals surface area contributed by atoms with E-state index in [4.69, 9.17) is 9.72 Å². The van der Waals surface area contributed by atoms with Crippen LogP contribution in [0.3, 0.4) is 0 Å². The SMILES string of the molecule is Cc1ccc(OCCn2c(C(C)NC(=O)c3cccnc3)nc3ccccc32)cc1. The molecule has 6 nitrogen and oxygen atoms in total. The van der Waals surface area contributed by atoms with Gasteiger partial charge in [-0.05, 0) is 50.2 Å². The van der Waals surface area contributed by atoms with Gasteiger partial charge in [0.15, 0.2) is 0 Å². The molecule has 1 unspecified atom stereocenters. The molecule has 1 N–H and O–H groups in total. The number of amides is 1. The van der Waals surface area contributed by atoms with E-state index in [0.29, 0.717) is 18.7 Å².